The molecule has 0 aliphatic heterocycles. The van der Waals surface area contributed by atoms with Crippen LogP contribution in [0.3, 0.4) is 0 Å². The lowest BCUT2D eigenvalue weighted by Gasteiger charge is -1.90. The lowest BCUT2D eigenvalue weighted by Crippen LogP contribution is -1.70. The highest BCUT2D eigenvalue weighted by Gasteiger charge is 1.85. The minimum Gasteiger partial charge on any atom is -0.212 e. The monoisotopic (exact) mass is 170 g/mol. The van der Waals surface area contributed by atoms with Crippen molar-refractivity contribution < 1.29 is 0 Å². The smallest absolute Gasteiger partial charge is 0.110 e. The Balaban J connectivity index is 2.70. The Hall–Kier alpha value is -1.84. The van der Waals surface area contributed by atoms with E-state index in [1.165, 1.54) is 5.56 Å². The fraction of sp³-hybridized carbons (Fsp3) is 0.182. The summed E-state index contributed by atoms with van der Waals surface area (Å²) in [5.74, 6) is 2.37. The molecule has 0 spiro atoms. The molecule has 1 aromatic rings. The van der Waals surface area contributed by atoms with Gasteiger partial charge in [-0.1, -0.05) is 23.6 Å². The molecule has 0 aromatic heterocycles. The Kier molecular flexibility index (Phi) is 3.50. The van der Waals surface area contributed by atoms with Crippen LogP contribution in [0.15, 0.2) is 34.3 Å². The molecule has 0 unspecified atom stereocenters. The van der Waals surface area contributed by atoms with Gasteiger partial charge >= 0.3 is 0 Å². The molecule has 2 heteroatoms. The summed E-state index contributed by atoms with van der Waals surface area (Å²) >= 11 is 0. The largest absolute Gasteiger partial charge is 0.212 e. The van der Waals surface area contributed by atoms with Gasteiger partial charge in [-0.2, -0.15) is 4.99 Å². The van der Waals surface area contributed by atoms with Crippen molar-refractivity contribution in [3.63, 3.8) is 0 Å². The van der Waals surface area contributed by atoms with Gasteiger partial charge in [-0.15, -0.1) is 6.42 Å². The minimum atomic E-state index is 0.329. The van der Waals surface area contributed by atoms with Crippen molar-refractivity contribution in [3.8, 4) is 12.3 Å². The second kappa shape index (κ2) is 4.92. The van der Waals surface area contributed by atoms with Gasteiger partial charge in [-0.3, -0.25) is 0 Å². The summed E-state index contributed by atoms with van der Waals surface area (Å²) in [4.78, 5) is 7.73. The first-order valence-electron chi connectivity index (χ1n) is 3.95. The SMILES string of the molecule is C#CCN=C=Nc1ccc(C)cc1. The number of rotatable bonds is 2. The lowest BCUT2D eigenvalue weighted by molar-refractivity contribution is 1.30. The van der Waals surface area contributed by atoms with E-state index < -0.39 is 0 Å². The standard InChI is InChI=1S/C11H10N2/c1-3-8-12-9-13-11-6-4-10(2)5-7-11/h1,4-7H,8H2,2H3. The summed E-state index contributed by atoms with van der Waals surface area (Å²) in [6.07, 6.45) is 5.00. The van der Waals surface area contributed by atoms with Crippen molar-refractivity contribution in [1.82, 2.24) is 0 Å². The van der Waals surface area contributed by atoms with Gasteiger partial charge in [0, 0.05) is 0 Å². The summed E-state index contributed by atoms with van der Waals surface area (Å²) in [5, 5.41) is 0. The molecule has 0 atom stereocenters. The van der Waals surface area contributed by atoms with Crippen LogP contribution in [-0.2, 0) is 0 Å². The number of nitrogens with zero attached hydrogens (tertiary/aromatic N) is 2. The van der Waals surface area contributed by atoms with Gasteiger partial charge in [0.05, 0.1) is 11.7 Å². The van der Waals surface area contributed by atoms with Crippen molar-refractivity contribution in [2.45, 2.75) is 6.92 Å². The first-order valence-corrected chi connectivity index (χ1v) is 3.95. The van der Waals surface area contributed by atoms with Crippen LogP contribution in [0.4, 0.5) is 5.69 Å². The quantitative estimate of drug-likeness (QED) is 0.481. The van der Waals surface area contributed by atoms with Crippen molar-refractivity contribution in [2.24, 2.45) is 9.98 Å². The van der Waals surface area contributed by atoms with Crippen LogP contribution >= 0.6 is 0 Å². The predicted molar refractivity (Wildman–Crippen MR) is 54.4 cm³/mol. The van der Waals surface area contributed by atoms with Crippen molar-refractivity contribution in [2.75, 3.05) is 6.54 Å². The highest BCUT2D eigenvalue weighted by molar-refractivity contribution is 5.52. The zero-order chi connectivity index (χ0) is 9.52. The summed E-state index contributed by atoms with van der Waals surface area (Å²) in [7, 11) is 0. The molecular formula is C11H10N2. The van der Waals surface area contributed by atoms with E-state index in [0.29, 0.717) is 6.54 Å². The molecule has 2 nitrogen and oxygen atoms in total. The third-order valence-electron chi connectivity index (χ3n) is 1.45. The molecule has 0 aliphatic rings. The highest BCUT2D eigenvalue weighted by Crippen LogP contribution is 2.10. The molecule has 0 radical (unpaired) electrons. The Morgan fingerprint density at radius 3 is 2.62 bits per heavy atom. The van der Waals surface area contributed by atoms with E-state index >= 15 is 0 Å². The van der Waals surface area contributed by atoms with Gasteiger partial charge in [0.25, 0.3) is 0 Å². The third kappa shape index (κ3) is 3.37. The zero-order valence-electron chi connectivity index (χ0n) is 7.49. The number of hydrogen-bond acceptors (Lipinski definition) is 2. The maximum Gasteiger partial charge on any atom is 0.110 e. The second-order valence-corrected chi connectivity index (χ2v) is 2.57. The van der Waals surface area contributed by atoms with Gasteiger partial charge in [-0.25, -0.2) is 4.99 Å². The highest BCUT2D eigenvalue weighted by atomic mass is 14.8. The Morgan fingerprint density at radius 1 is 1.31 bits per heavy atom. The molecule has 0 fully saturated rings. The van der Waals surface area contributed by atoms with Gasteiger partial charge in [0.2, 0.25) is 0 Å². The van der Waals surface area contributed by atoms with Crippen LogP contribution in [-0.4, -0.2) is 12.6 Å². The van der Waals surface area contributed by atoms with Crippen molar-refractivity contribution >= 4 is 11.7 Å². The maximum absolute atomic E-state index is 5.00. The molecule has 0 amide bonds. The van der Waals surface area contributed by atoms with Crippen LogP contribution < -0.4 is 0 Å². The molecule has 0 heterocycles. The Labute approximate surface area is 78.0 Å². The van der Waals surface area contributed by atoms with Gasteiger partial charge in [0.1, 0.15) is 6.54 Å². The molecule has 0 bridgehead atoms. The molecule has 0 aliphatic carbocycles. The summed E-state index contributed by atoms with van der Waals surface area (Å²) < 4.78 is 0. The van der Waals surface area contributed by atoms with Crippen LogP contribution in [0, 0.1) is 19.3 Å². The average molecular weight is 170 g/mol. The minimum absolute atomic E-state index is 0.329. The normalized spacial score (nSPS) is 8.31. The molecular weight excluding hydrogens is 160 g/mol. The van der Waals surface area contributed by atoms with E-state index in [1.54, 1.807) is 0 Å². The van der Waals surface area contributed by atoms with Crippen LogP contribution in [0.2, 0.25) is 0 Å². The van der Waals surface area contributed by atoms with E-state index in [1.807, 2.05) is 31.2 Å². The molecule has 13 heavy (non-hydrogen) atoms. The maximum atomic E-state index is 5.00. The molecule has 0 saturated carbocycles. The van der Waals surface area contributed by atoms with E-state index in [-0.39, 0.29) is 0 Å². The van der Waals surface area contributed by atoms with E-state index in [9.17, 15) is 0 Å². The third-order valence-corrected chi connectivity index (χ3v) is 1.45. The lowest BCUT2D eigenvalue weighted by atomic mass is 10.2. The fourth-order valence-corrected chi connectivity index (χ4v) is 0.793. The van der Waals surface area contributed by atoms with Crippen molar-refractivity contribution in [3.05, 3.63) is 29.8 Å². The number of terminal acetylenes is 1. The van der Waals surface area contributed by atoms with Crippen LogP contribution in [0.1, 0.15) is 5.56 Å². The van der Waals surface area contributed by atoms with Gasteiger partial charge in [-0.05, 0) is 19.1 Å². The summed E-state index contributed by atoms with van der Waals surface area (Å²) in [6.45, 7) is 2.36. The molecule has 64 valence electrons. The van der Waals surface area contributed by atoms with Crippen molar-refractivity contribution in [1.29, 1.82) is 0 Å². The zero-order valence-corrected chi connectivity index (χ0v) is 7.49. The summed E-state index contributed by atoms with van der Waals surface area (Å²) in [5.41, 5.74) is 2.05. The predicted octanol–water partition coefficient (Wildman–Crippen LogP) is 2.43. The van der Waals surface area contributed by atoms with Crippen LogP contribution in [0.5, 0.6) is 0 Å². The van der Waals surface area contributed by atoms with E-state index in [4.69, 9.17) is 6.42 Å². The number of aliphatic imine (C=N–C) groups is 2. The fourth-order valence-electron chi connectivity index (χ4n) is 0.793. The van der Waals surface area contributed by atoms with Gasteiger partial charge in [0.15, 0.2) is 0 Å². The van der Waals surface area contributed by atoms with E-state index in [2.05, 4.69) is 21.9 Å². The topological polar surface area (TPSA) is 24.7 Å². The molecule has 1 rings (SSSR count). The first kappa shape index (κ1) is 9.25. The van der Waals surface area contributed by atoms with E-state index in [0.717, 1.165) is 5.69 Å². The van der Waals surface area contributed by atoms with Gasteiger partial charge < -0.3 is 0 Å². The molecule has 0 N–H and O–H groups in total. The Morgan fingerprint density at radius 2 is 2.00 bits per heavy atom. The Bertz CT molecular complexity index is 362. The van der Waals surface area contributed by atoms with Crippen LogP contribution in [0.25, 0.3) is 0 Å². The number of benzene rings is 1. The number of aryl methyl sites for hydroxylation is 1. The molecule has 1 aromatic carbocycles. The average Bonchev–Trinajstić information content (AvgIpc) is 2.15. The summed E-state index contributed by atoms with van der Waals surface area (Å²) in [6, 6.07) is 10.3. The second-order valence-electron chi connectivity index (χ2n) is 2.57. The first-order chi connectivity index (χ1) is 6.33. The number of hydrogen-bond donors (Lipinski definition) is 0. The molecule has 0 saturated heterocycles.